The highest BCUT2D eigenvalue weighted by Gasteiger charge is 2.16. The van der Waals surface area contributed by atoms with Gasteiger partial charge in [-0.3, -0.25) is 19.7 Å². The Bertz CT molecular complexity index is 920. The monoisotopic (exact) mass is 383 g/mol. The summed E-state index contributed by atoms with van der Waals surface area (Å²) in [5.74, 6) is -1.88. The molecule has 0 bridgehead atoms. The summed E-state index contributed by atoms with van der Waals surface area (Å²) in [5, 5.41) is 13.1. The van der Waals surface area contributed by atoms with Crippen molar-refractivity contribution < 1.29 is 24.0 Å². The normalized spacial score (nSPS) is 11.6. The molecule has 0 radical (unpaired) electrons. The van der Waals surface area contributed by atoms with Gasteiger partial charge in [0.05, 0.1) is 4.92 Å². The molecule has 9 nitrogen and oxygen atoms in total. The number of ether oxygens (including phenoxy) is 1. The minimum absolute atomic E-state index is 0.0612. The van der Waals surface area contributed by atoms with E-state index in [0.717, 1.165) is 6.08 Å². The van der Waals surface area contributed by atoms with Crippen molar-refractivity contribution >= 4 is 35.2 Å². The van der Waals surface area contributed by atoms with Gasteiger partial charge in [-0.05, 0) is 55.0 Å². The second kappa shape index (κ2) is 9.08. The number of non-ortho nitro benzene ring substituents is 1. The molecule has 2 rings (SSSR count). The van der Waals surface area contributed by atoms with E-state index >= 15 is 0 Å². The van der Waals surface area contributed by atoms with Crippen molar-refractivity contribution in [2.75, 3.05) is 5.32 Å². The van der Waals surface area contributed by atoms with E-state index in [9.17, 15) is 24.5 Å². The minimum Gasteiger partial charge on any atom is -0.449 e. The third kappa shape index (κ3) is 5.77. The lowest BCUT2D eigenvalue weighted by atomic mass is 10.2. The molecular weight excluding hydrogens is 366 g/mol. The van der Waals surface area contributed by atoms with Crippen LogP contribution in [0.3, 0.4) is 0 Å². The first-order valence-corrected chi connectivity index (χ1v) is 8.10. The lowest BCUT2D eigenvalue weighted by Gasteiger charge is -2.12. The standard InChI is InChI=1S/C19H17N3O6/c1-12(19(25)21-15-7-5-14(6-8-15)18(20)24)28-17(23)11-4-13-2-9-16(10-3-13)22(26)27/h2-12H,1H3,(H2,20,24)(H,21,25)/b11-4+/t12-/m1/s1. The Labute approximate surface area is 159 Å². The summed E-state index contributed by atoms with van der Waals surface area (Å²) in [6, 6.07) is 11.5. The fourth-order valence-electron chi connectivity index (χ4n) is 2.10. The van der Waals surface area contributed by atoms with Gasteiger partial charge in [0.25, 0.3) is 11.6 Å². The number of carbonyl (C=O) groups excluding carboxylic acids is 3. The summed E-state index contributed by atoms with van der Waals surface area (Å²) in [6.07, 6.45) is 1.47. The molecule has 28 heavy (non-hydrogen) atoms. The van der Waals surface area contributed by atoms with Gasteiger partial charge >= 0.3 is 5.97 Å². The van der Waals surface area contributed by atoms with Crippen LogP contribution in [0.5, 0.6) is 0 Å². The molecule has 0 fully saturated rings. The Morgan fingerprint density at radius 1 is 1.11 bits per heavy atom. The van der Waals surface area contributed by atoms with Crippen LogP contribution in [0.2, 0.25) is 0 Å². The first kappa shape index (κ1) is 20.3. The van der Waals surface area contributed by atoms with Gasteiger partial charge in [-0.25, -0.2) is 4.79 Å². The highest BCUT2D eigenvalue weighted by molar-refractivity contribution is 5.97. The summed E-state index contributed by atoms with van der Waals surface area (Å²) in [4.78, 5) is 45.0. The van der Waals surface area contributed by atoms with Gasteiger partial charge in [0.15, 0.2) is 6.10 Å². The zero-order valence-electron chi connectivity index (χ0n) is 14.8. The molecule has 0 aliphatic heterocycles. The maximum atomic E-state index is 12.1. The number of hydrogen-bond acceptors (Lipinski definition) is 6. The Morgan fingerprint density at radius 2 is 1.71 bits per heavy atom. The number of anilines is 1. The Hall–Kier alpha value is -4.01. The van der Waals surface area contributed by atoms with Crippen LogP contribution in [-0.2, 0) is 14.3 Å². The lowest BCUT2D eigenvalue weighted by Crippen LogP contribution is -2.29. The Morgan fingerprint density at radius 3 is 2.25 bits per heavy atom. The smallest absolute Gasteiger partial charge is 0.331 e. The van der Waals surface area contributed by atoms with Crippen LogP contribution in [0, 0.1) is 10.1 Å². The van der Waals surface area contributed by atoms with Crippen LogP contribution in [-0.4, -0.2) is 28.8 Å². The predicted octanol–water partition coefficient (Wildman–Crippen LogP) is 2.28. The van der Waals surface area contributed by atoms with E-state index in [4.69, 9.17) is 10.5 Å². The van der Waals surface area contributed by atoms with Gasteiger partial charge in [-0.1, -0.05) is 0 Å². The maximum absolute atomic E-state index is 12.1. The summed E-state index contributed by atoms with van der Waals surface area (Å²) in [7, 11) is 0. The van der Waals surface area contributed by atoms with Crippen LogP contribution in [0.15, 0.2) is 54.6 Å². The van der Waals surface area contributed by atoms with Gasteiger partial charge in [-0.2, -0.15) is 0 Å². The molecule has 0 spiro atoms. The Kier molecular flexibility index (Phi) is 6.58. The van der Waals surface area contributed by atoms with Gasteiger partial charge in [0.1, 0.15) is 0 Å². The Balaban J connectivity index is 1.89. The summed E-state index contributed by atoms with van der Waals surface area (Å²) in [5.41, 5.74) is 6.36. The van der Waals surface area contributed by atoms with Gasteiger partial charge in [-0.15, -0.1) is 0 Å². The maximum Gasteiger partial charge on any atom is 0.331 e. The van der Waals surface area contributed by atoms with E-state index in [0.29, 0.717) is 16.8 Å². The number of nitro benzene ring substituents is 1. The number of benzene rings is 2. The molecule has 0 saturated heterocycles. The molecule has 2 aromatic carbocycles. The van der Waals surface area contributed by atoms with Crippen molar-refractivity contribution in [1.82, 2.24) is 0 Å². The van der Waals surface area contributed by atoms with E-state index in [1.165, 1.54) is 61.5 Å². The SMILES string of the molecule is C[C@@H](OC(=O)/C=C/c1ccc([N+](=O)[O-])cc1)C(=O)Nc1ccc(C(N)=O)cc1. The number of nitrogens with two attached hydrogens (primary N) is 1. The average molecular weight is 383 g/mol. The molecule has 0 aromatic heterocycles. The molecule has 9 heteroatoms. The number of amides is 2. The van der Waals surface area contributed by atoms with E-state index in [1.54, 1.807) is 0 Å². The number of esters is 1. The van der Waals surface area contributed by atoms with Crippen LogP contribution < -0.4 is 11.1 Å². The quantitative estimate of drug-likeness (QED) is 0.325. The molecule has 1 atom stereocenters. The number of hydrogen-bond donors (Lipinski definition) is 2. The van der Waals surface area contributed by atoms with Gasteiger partial charge in [0.2, 0.25) is 5.91 Å². The molecule has 2 aromatic rings. The van der Waals surface area contributed by atoms with E-state index < -0.39 is 28.8 Å². The predicted molar refractivity (Wildman–Crippen MR) is 101 cm³/mol. The highest BCUT2D eigenvalue weighted by Crippen LogP contribution is 2.13. The van der Waals surface area contributed by atoms with E-state index in [2.05, 4.69) is 5.32 Å². The lowest BCUT2D eigenvalue weighted by molar-refractivity contribution is -0.384. The number of nitrogens with one attached hydrogen (secondary N) is 1. The van der Waals surface area contributed by atoms with Crippen molar-refractivity contribution in [3.8, 4) is 0 Å². The van der Waals surface area contributed by atoms with Crippen molar-refractivity contribution in [2.24, 2.45) is 5.73 Å². The van der Waals surface area contributed by atoms with Crippen molar-refractivity contribution in [1.29, 1.82) is 0 Å². The molecular formula is C19H17N3O6. The number of primary amides is 1. The third-order valence-electron chi connectivity index (χ3n) is 3.61. The third-order valence-corrected chi connectivity index (χ3v) is 3.61. The van der Waals surface area contributed by atoms with Crippen LogP contribution in [0.25, 0.3) is 6.08 Å². The van der Waals surface area contributed by atoms with Crippen molar-refractivity contribution in [3.05, 3.63) is 75.8 Å². The first-order valence-electron chi connectivity index (χ1n) is 8.10. The molecule has 3 N–H and O–H groups in total. The topological polar surface area (TPSA) is 142 Å². The van der Waals surface area contributed by atoms with Crippen molar-refractivity contribution in [3.63, 3.8) is 0 Å². The zero-order chi connectivity index (χ0) is 20.7. The van der Waals surface area contributed by atoms with Crippen LogP contribution >= 0.6 is 0 Å². The number of rotatable bonds is 7. The number of nitrogens with zero attached hydrogens (tertiary/aromatic N) is 1. The number of nitro groups is 1. The molecule has 0 heterocycles. The molecule has 0 unspecified atom stereocenters. The minimum atomic E-state index is -1.06. The van der Waals surface area contributed by atoms with Gasteiger partial charge < -0.3 is 15.8 Å². The summed E-state index contributed by atoms with van der Waals surface area (Å²) in [6.45, 7) is 1.41. The zero-order valence-corrected chi connectivity index (χ0v) is 14.8. The fourth-order valence-corrected chi connectivity index (χ4v) is 2.10. The van der Waals surface area contributed by atoms with E-state index in [1.807, 2.05) is 0 Å². The van der Waals surface area contributed by atoms with E-state index in [-0.39, 0.29) is 5.69 Å². The molecule has 2 amide bonds. The first-order chi connectivity index (χ1) is 13.3. The second-order valence-corrected chi connectivity index (χ2v) is 5.69. The second-order valence-electron chi connectivity index (χ2n) is 5.69. The van der Waals surface area contributed by atoms with Crippen molar-refractivity contribution in [2.45, 2.75) is 13.0 Å². The van der Waals surface area contributed by atoms with Crippen LogP contribution in [0.1, 0.15) is 22.8 Å². The molecule has 0 saturated carbocycles. The fraction of sp³-hybridized carbons (Fsp3) is 0.105. The molecule has 144 valence electrons. The largest absolute Gasteiger partial charge is 0.449 e. The number of carbonyl (C=O) groups is 3. The van der Waals surface area contributed by atoms with Gasteiger partial charge in [0, 0.05) is 29.5 Å². The summed E-state index contributed by atoms with van der Waals surface area (Å²) < 4.78 is 5.01. The van der Waals surface area contributed by atoms with Crippen LogP contribution in [0.4, 0.5) is 11.4 Å². The molecule has 0 aliphatic carbocycles. The summed E-state index contributed by atoms with van der Waals surface area (Å²) >= 11 is 0. The molecule has 0 aliphatic rings. The average Bonchev–Trinajstić information content (AvgIpc) is 2.67. The highest BCUT2D eigenvalue weighted by atomic mass is 16.6.